The van der Waals surface area contributed by atoms with Gasteiger partial charge in [0.15, 0.2) is 0 Å². The first-order valence-corrected chi connectivity index (χ1v) is 2.20. The third kappa shape index (κ3) is 5.56. The van der Waals surface area contributed by atoms with E-state index in [1.807, 2.05) is 0 Å². The van der Waals surface area contributed by atoms with E-state index in [2.05, 4.69) is 10.4 Å². The van der Waals surface area contributed by atoms with E-state index in [9.17, 15) is 0 Å². The van der Waals surface area contributed by atoms with Gasteiger partial charge in [0.25, 0.3) is 0 Å². The lowest BCUT2D eigenvalue weighted by Gasteiger charge is -1.95. The molecule has 3 nitrogen and oxygen atoms in total. The number of halogens is 1. The lowest BCUT2D eigenvalue weighted by Crippen LogP contribution is -2.04. The second kappa shape index (κ2) is 3.74. The molecule has 7 heavy (non-hydrogen) atoms. The Hall–Kier alpha value is -0.440. The average molecular weight is 122 g/mol. The summed E-state index contributed by atoms with van der Waals surface area (Å²) in [5, 5.41) is 6.29. The van der Waals surface area contributed by atoms with Gasteiger partial charge in [0.2, 0.25) is 0 Å². The number of hydrogen-bond donors (Lipinski definition) is 1. The molecule has 0 amide bonds. The van der Waals surface area contributed by atoms with E-state index >= 15 is 0 Å². The zero-order valence-electron chi connectivity index (χ0n) is 4.35. The molecule has 0 radical (unpaired) electrons. The minimum Gasteiger partial charge on any atom is -0.378 e. The fourth-order valence-electron chi connectivity index (χ4n) is 0.137. The van der Waals surface area contributed by atoms with Crippen LogP contribution in [0.15, 0.2) is 5.10 Å². The van der Waals surface area contributed by atoms with Crippen LogP contribution in [0.25, 0.3) is 0 Å². The molecule has 0 aliphatic carbocycles. The van der Waals surface area contributed by atoms with Crippen LogP contribution < -0.4 is 5.32 Å². The Kier molecular flexibility index (Phi) is 3.50. The Morgan fingerprint density at radius 3 is 2.57 bits per heavy atom. The molecule has 1 N–H and O–H groups in total. The number of hydrazone groups is 1. The van der Waals surface area contributed by atoms with Gasteiger partial charge in [0.1, 0.15) is 6.34 Å². The molecule has 0 aromatic carbocycles. The van der Waals surface area contributed by atoms with E-state index in [0.717, 1.165) is 0 Å². The van der Waals surface area contributed by atoms with Gasteiger partial charge in [0, 0.05) is 25.9 Å². The highest BCUT2D eigenvalue weighted by Crippen LogP contribution is 1.82. The highest BCUT2D eigenvalue weighted by Gasteiger charge is 1.72. The van der Waals surface area contributed by atoms with Gasteiger partial charge in [0.05, 0.1) is 0 Å². The number of nitrogens with one attached hydrogen (secondary N) is 1. The molecule has 0 bridgehead atoms. The molecule has 42 valence electrons. The third-order valence-electron chi connectivity index (χ3n) is 0.346. The van der Waals surface area contributed by atoms with Crippen molar-refractivity contribution in [3.8, 4) is 0 Å². The third-order valence-corrected chi connectivity index (χ3v) is 0.433. The summed E-state index contributed by atoms with van der Waals surface area (Å²) in [6, 6.07) is 0. The zero-order valence-corrected chi connectivity index (χ0v) is 5.11. The van der Waals surface area contributed by atoms with Crippen LogP contribution in [0.1, 0.15) is 0 Å². The van der Waals surface area contributed by atoms with Gasteiger partial charge in [-0.05, 0) is 0 Å². The first kappa shape index (κ1) is 6.56. The standard InChI is InChI=1S/C3H8ClN3/c1-5-3-6-7(2)4/h3H,1-2H3,(H,5,6). The molecule has 4 heteroatoms. The summed E-state index contributed by atoms with van der Waals surface area (Å²) in [6.07, 6.45) is 1.49. The smallest absolute Gasteiger partial charge is 0.110 e. The largest absolute Gasteiger partial charge is 0.378 e. The lowest BCUT2D eigenvalue weighted by atomic mass is 11.2. The van der Waals surface area contributed by atoms with E-state index in [1.165, 1.54) is 10.9 Å². The van der Waals surface area contributed by atoms with Gasteiger partial charge in [-0.1, -0.05) is 0 Å². The molecule has 0 aliphatic heterocycles. The second-order valence-electron chi connectivity index (χ2n) is 0.978. The molecule has 0 saturated heterocycles. The highest BCUT2D eigenvalue weighted by atomic mass is 35.5. The van der Waals surface area contributed by atoms with Crippen molar-refractivity contribution in [2.45, 2.75) is 0 Å². The Balaban J connectivity index is 3.08. The van der Waals surface area contributed by atoms with Crippen molar-refractivity contribution < 1.29 is 0 Å². The minimum absolute atomic E-state index is 1.19. The molecule has 0 saturated carbocycles. The van der Waals surface area contributed by atoms with Gasteiger partial charge in [-0.2, -0.15) is 5.10 Å². The zero-order chi connectivity index (χ0) is 5.70. The van der Waals surface area contributed by atoms with Crippen LogP contribution in [0, 0.1) is 0 Å². The summed E-state index contributed by atoms with van der Waals surface area (Å²) in [4.78, 5) is 0. The maximum Gasteiger partial charge on any atom is 0.110 e. The van der Waals surface area contributed by atoms with Gasteiger partial charge >= 0.3 is 0 Å². The predicted molar refractivity (Wildman–Crippen MR) is 31.2 cm³/mol. The summed E-state index contributed by atoms with van der Waals surface area (Å²) in [5.41, 5.74) is 0. The van der Waals surface area contributed by atoms with Crippen LogP contribution >= 0.6 is 11.8 Å². The van der Waals surface area contributed by atoms with Crippen LogP contribution in [0.5, 0.6) is 0 Å². The summed E-state index contributed by atoms with van der Waals surface area (Å²) >= 11 is 5.25. The summed E-state index contributed by atoms with van der Waals surface area (Å²) < 4.78 is 1.19. The molecule has 0 spiro atoms. The van der Waals surface area contributed by atoms with Gasteiger partial charge in [-0.25, -0.2) is 4.53 Å². The van der Waals surface area contributed by atoms with Crippen LogP contribution in [0.2, 0.25) is 0 Å². The first-order chi connectivity index (χ1) is 3.27. The summed E-state index contributed by atoms with van der Waals surface area (Å²) in [7, 11) is 3.39. The maximum atomic E-state index is 5.25. The Labute approximate surface area is 48.1 Å². The molecule has 0 atom stereocenters. The molecule has 0 fully saturated rings. The molecule has 0 aromatic rings. The van der Waals surface area contributed by atoms with Crippen molar-refractivity contribution in [2.75, 3.05) is 14.1 Å². The fourth-order valence-corrected chi connectivity index (χ4v) is 0.181. The van der Waals surface area contributed by atoms with Crippen molar-refractivity contribution >= 4 is 18.1 Å². The Morgan fingerprint density at radius 1 is 1.86 bits per heavy atom. The number of rotatable bonds is 2. The molecular formula is C3H8ClN3. The fraction of sp³-hybridized carbons (Fsp3) is 0.667. The van der Waals surface area contributed by atoms with Crippen molar-refractivity contribution in [3.05, 3.63) is 0 Å². The number of hydrogen-bond acceptors (Lipinski definition) is 2. The first-order valence-electron chi connectivity index (χ1n) is 1.86. The molecule has 0 rings (SSSR count). The topological polar surface area (TPSA) is 27.6 Å². The van der Waals surface area contributed by atoms with Gasteiger partial charge < -0.3 is 5.32 Å². The van der Waals surface area contributed by atoms with Crippen LogP contribution in [-0.4, -0.2) is 25.0 Å². The van der Waals surface area contributed by atoms with Crippen molar-refractivity contribution in [1.29, 1.82) is 0 Å². The maximum absolute atomic E-state index is 5.25. The van der Waals surface area contributed by atoms with E-state index in [4.69, 9.17) is 11.8 Å². The second-order valence-corrected chi connectivity index (χ2v) is 1.47. The van der Waals surface area contributed by atoms with Crippen LogP contribution in [0.4, 0.5) is 0 Å². The lowest BCUT2D eigenvalue weighted by molar-refractivity contribution is 0.595. The SMILES string of the molecule is CN/C=N\N(C)Cl. The molecule has 0 aliphatic rings. The number of nitrogens with zero attached hydrogens (tertiary/aromatic N) is 2. The minimum atomic E-state index is 1.19. The van der Waals surface area contributed by atoms with Crippen molar-refractivity contribution in [2.24, 2.45) is 5.10 Å². The summed E-state index contributed by atoms with van der Waals surface area (Å²) in [6.45, 7) is 0. The average Bonchev–Trinajstić information content (AvgIpc) is 1.61. The Bertz CT molecular complexity index is 61.2. The molecule has 0 unspecified atom stereocenters. The normalized spacial score (nSPS) is 9.57. The van der Waals surface area contributed by atoms with Crippen LogP contribution in [-0.2, 0) is 0 Å². The Morgan fingerprint density at radius 2 is 2.43 bits per heavy atom. The summed E-state index contributed by atoms with van der Waals surface area (Å²) in [5.74, 6) is 0. The van der Waals surface area contributed by atoms with E-state index in [0.29, 0.717) is 0 Å². The monoisotopic (exact) mass is 121 g/mol. The predicted octanol–water partition coefficient (Wildman–Crippen LogP) is 0.235. The quantitative estimate of drug-likeness (QED) is 0.245. The van der Waals surface area contributed by atoms with Crippen molar-refractivity contribution in [1.82, 2.24) is 9.84 Å². The van der Waals surface area contributed by atoms with E-state index in [-0.39, 0.29) is 0 Å². The van der Waals surface area contributed by atoms with Gasteiger partial charge in [-0.3, -0.25) is 0 Å². The molecule has 0 aromatic heterocycles. The molecule has 0 heterocycles. The van der Waals surface area contributed by atoms with Crippen LogP contribution in [0.3, 0.4) is 0 Å². The molecular weight excluding hydrogens is 114 g/mol. The van der Waals surface area contributed by atoms with Crippen molar-refractivity contribution in [3.63, 3.8) is 0 Å². The van der Waals surface area contributed by atoms with E-state index in [1.54, 1.807) is 14.1 Å². The highest BCUT2D eigenvalue weighted by molar-refractivity contribution is 6.13. The van der Waals surface area contributed by atoms with Gasteiger partial charge in [-0.15, -0.1) is 0 Å². The van der Waals surface area contributed by atoms with E-state index < -0.39 is 0 Å².